The molecular weight excluding hydrogens is 208 g/mol. The SMILES string of the molecule is CN(C)c1ncccc1C#Cc1ccccc1. The van der Waals surface area contributed by atoms with Crippen LogP contribution in [0.25, 0.3) is 0 Å². The molecule has 17 heavy (non-hydrogen) atoms. The molecular formula is C15H14N2. The number of pyridine rings is 1. The summed E-state index contributed by atoms with van der Waals surface area (Å²) in [6.07, 6.45) is 1.78. The maximum Gasteiger partial charge on any atom is 0.143 e. The zero-order valence-corrected chi connectivity index (χ0v) is 10.0. The van der Waals surface area contributed by atoms with Crippen LogP contribution in [0.4, 0.5) is 5.82 Å². The molecule has 0 saturated heterocycles. The van der Waals surface area contributed by atoms with Crippen molar-refractivity contribution in [1.29, 1.82) is 0 Å². The van der Waals surface area contributed by atoms with Crippen molar-refractivity contribution in [2.45, 2.75) is 0 Å². The van der Waals surface area contributed by atoms with Crippen LogP contribution in [0.2, 0.25) is 0 Å². The molecule has 2 rings (SSSR count). The van der Waals surface area contributed by atoms with Crippen LogP contribution in [-0.2, 0) is 0 Å². The van der Waals surface area contributed by atoms with Gasteiger partial charge in [0.2, 0.25) is 0 Å². The normalized spacial score (nSPS) is 9.29. The first-order valence-corrected chi connectivity index (χ1v) is 5.47. The zero-order chi connectivity index (χ0) is 12.1. The molecule has 0 aliphatic carbocycles. The average Bonchev–Trinajstić information content (AvgIpc) is 2.38. The van der Waals surface area contributed by atoms with Crippen LogP contribution in [0.5, 0.6) is 0 Å². The van der Waals surface area contributed by atoms with E-state index < -0.39 is 0 Å². The Morgan fingerprint density at radius 3 is 2.41 bits per heavy atom. The summed E-state index contributed by atoms with van der Waals surface area (Å²) in [4.78, 5) is 6.28. The molecule has 0 N–H and O–H groups in total. The van der Waals surface area contributed by atoms with E-state index in [1.807, 2.05) is 61.5 Å². The fraction of sp³-hybridized carbons (Fsp3) is 0.133. The molecule has 0 saturated carbocycles. The second-order valence-corrected chi connectivity index (χ2v) is 3.89. The second-order valence-electron chi connectivity index (χ2n) is 3.89. The molecule has 0 unspecified atom stereocenters. The molecule has 0 bridgehead atoms. The third-order valence-electron chi connectivity index (χ3n) is 2.33. The highest BCUT2D eigenvalue weighted by atomic mass is 15.1. The Bertz CT molecular complexity index is 548. The quantitative estimate of drug-likeness (QED) is 0.689. The van der Waals surface area contributed by atoms with Crippen LogP contribution < -0.4 is 4.90 Å². The van der Waals surface area contributed by atoms with Gasteiger partial charge in [-0.15, -0.1) is 0 Å². The molecule has 0 atom stereocenters. The molecule has 0 amide bonds. The van der Waals surface area contributed by atoms with E-state index in [0.29, 0.717) is 0 Å². The fourth-order valence-corrected chi connectivity index (χ4v) is 1.51. The van der Waals surface area contributed by atoms with E-state index in [0.717, 1.165) is 16.9 Å². The number of rotatable bonds is 1. The van der Waals surface area contributed by atoms with Gasteiger partial charge in [0, 0.05) is 25.9 Å². The average molecular weight is 222 g/mol. The summed E-state index contributed by atoms with van der Waals surface area (Å²) in [7, 11) is 3.94. The highest BCUT2D eigenvalue weighted by Crippen LogP contribution is 2.12. The van der Waals surface area contributed by atoms with Gasteiger partial charge in [-0.25, -0.2) is 4.98 Å². The molecule has 1 heterocycles. The highest BCUT2D eigenvalue weighted by molar-refractivity contribution is 5.56. The van der Waals surface area contributed by atoms with Gasteiger partial charge in [0.25, 0.3) is 0 Å². The van der Waals surface area contributed by atoms with E-state index >= 15 is 0 Å². The van der Waals surface area contributed by atoms with Gasteiger partial charge < -0.3 is 4.90 Å². The van der Waals surface area contributed by atoms with Crippen LogP contribution in [0.15, 0.2) is 48.7 Å². The third kappa shape index (κ3) is 2.85. The standard InChI is InChI=1S/C15H14N2/c1-17(2)15-14(9-6-12-16-15)11-10-13-7-4-3-5-8-13/h3-9,12H,1-2H3. The van der Waals surface area contributed by atoms with Gasteiger partial charge in [-0.05, 0) is 24.3 Å². The summed E-state index contributed by atoms with van der Waals surface area (Å²) in [6.45, 7) is 0. The van der Waals surface area contributed by atoms with Crippen molar-refractivity contribution >= 4 is 5.82 Å². The van der Waals surface area contributed by atoms with Gasteiger partial charge in [-0.1, -0.05) is 30.0 Å². The Balaban J connectivity index is 2.34. The predicted octanol–water partition coefficient (Wildman–Crippen LogP) is 2.55. The monoisotopic (exact) mass is 222 g/mol. The molecule has 84 valence electrons. The molecule has 0 fully saturated rings. The molecule has 2 aromatic rings. The molecule has 1 aromatic heterocycles. The summed E-state index contributed by atoms with van der Waals surface area (Å²) in [5.41, 5.74) is 1.96. The Kier molecular flexibility index (Phi) is 3.42. The molecule has 1 aromatic carbocycles. The van der Waals surface area contributed by atoms with Crippen molar-refractivity contribution in [3.8, 4) is 11.8 Å². The maximum absolute atomic E-state index is 4.31. The van der Waals surface area contributed by atoms with Crippen molar-refractivity contribution in [2.24, 2.45) is 0 Å². The second kappa shape index (κ2) is 5.18. The van der Waals surface area contributed by atoms with Gasteiger partial charge in [0.1, 0.15) is 5.82 Å². The van der Waals surface area contributed by atoms with Gasteiger partial charge in [-0.3, -0.25) is 0 Å². The minimum atomic E-state index is 0.899. The summed E-state index contributed by atoms with van der Waals surface area (Å²) >= 11 is 0. The molecule has 0 radical (unpaired) electrons. The van der Waals surface area contributed by atoms with Crippen molar-refractivity contribution < 1.29 is 0 Å². The van der Waals surface area contributed by atoms with Gasteiger partial charge in [-0.2, -0.15) is 0 Å². The Morgan fingerprint density at radius 1 is 0.941 bits per heavy atom. The molecule has 2 nitrogen and oxygen atoms in total. The lowest BCUT2D eigenvalue weighted by atomic mass is 10.2. The smallest absolute Gasteiger partial charge is 0.143 e. The molecule has 0 spiro atoms. The molecule has 0 aliphatic rings. The lowest BCUT2D eigenvalue weighted by molar-refractivity contribution is 1.06. The van der Waals surface area contributed by atoms with Crippen LogP contribution in [0, 0.1) is 11.8 Å². The molecule has 2 heteroatoms. The number of hydrogen-bond acceptors (Lipinski definition) is 2. The zero-order valence-electron chi connectivity index (χ0n) is 10.0. The van der Waals surface area contributed by atoms with Crippen LogP contribution in [-0.4, -0.2) is 19.1 Å². The van der Waals surface area contributed by atoms with Crippen LogP contribution in [0.3, 0.4) is 0 Å². The first-order chi connectivity index (χ1) is 8.27. The van der Waals surface area contributed by atoms with Gasteiger partial charge in [0.05, 0.1) is 5.56 Å². The van der Waals surface area contributed by atoms with Gasteiger partial charge in [0.15, 0.2) is 0 Å². The van der Waals surface area contributed by atoms with Crippen LogP contribution in [0.1, 0.15) is 11.1 Å². The Morgan fingerprint density at radius 2 is 1.71 bits per heavy atom. The van der Waals surface area contributed by atoms with Crippen molar-refractivity contribution in [3.63, 3.8) is 0 Å². The number of aromatic nitrogens is 1. The lowest BCUT2D eigenvalue weighted by Gasteiger charge is -2.12. The first-order valence-electron chi connectivity index (χ1n) is 5.47. The van der Waals surface area contributed by atoms with Crippen LogP contribution >= 0.6 is 0 Å². The summed E-state index contributed by atoms with van der Waals surface area (Å²) in [5, 5.41) is 0. The van der Waals surface area contributed by atoms with Crippen molar-refractivity contribution in [1.82, 2.24) is 4.98 Å². The highest BCUT2D eigenvalue weighted by Gasteiger charge is 2.01. The minimum Gasteiger partial charge on any atom is -0.362 e. The van der Waals surface area contributed by atoms with E-state index in [2.05, 4.69) is 16.8 Å². The van der Waals surface area contributed by atoms with Crippen molar-refractivity contribution in [3.05, 3.63) is 59.8 Å². The number of benzene rings is 1. The summed E-state index contributed by atoms with van der Waals surface area (Å²) < 4.78 is 0. The van der Waals surface area contributed by atoms with E-state index in [9.17, 15) is 0 Å². The summed E-state index contributed by atoms with van der Waals surface area (Å²) in [5.74, 6) is 7.20. The van der Waals surface area contributed by atoms with E-state index in [1.165, 1.54) is 0 Å². The summed E-state index contributed by atoms with van der Waals surface area (Å²) in [6, 6.07) is 13.8. The lowest BCUT2D eigenvalue weighted by Crippen LogP contribution is -2.12. The van der Waals surface area contributed by atoms with Crippen molar-refractivity contribution in [2.75, 3.05) is 19.0 Å². The third-order valence-corrected chi connectivity index (χ3v) is 2.33. The Hall–Kier alpha value is -2.27. The maximum atomic E-state index is 4.31. The fourth-order valence-electron chi connectivity index (χ4n) is 1.51. The van der Waals surface area contributed by atoms with E-state index in [-0.39, 0.29) is 0 Å². The molecule has 0 aliphatic heterocycles. The topological polar surface area (TPSA) is 16.1 Å². The van der Waals surface area contributed by atoms with Gasteiger partial charge >= 0.3 is 0 Å². The first kappa shape index (κ1) is 11.2. The minimum absolute atomic E-state index is 0.899. The number of anilines is 1. The predicted molar refractivity (Wildman–Crippen MR) is 71.0 cm³/mol. The Labute approximate surface area is 102 Å². The van der Waals surface area contributed by atoms with E-state index in [4.69, 9.17) is 0 Å². The number of hydrogen-bond donors (Lipinski definition) is 0. The number of nitrogens with zero attached hydrogens (tertiary/aromatic N) is 2. The van der Waals surface area contributed by atoms with E-state index in [1.54, 1.807) is 6.20 Å². The largest absolute Gasteiger partial charge is 0.362 e.